The Morgan fingerprint density at radius 1 is 0.828 bits per heavy atom. The number of hydrogen-bond donors (Lipinski definition) is 2. The second kappa shape index (κ2) is 12.2. The van der Waals surface area contributed by atoms with Crippen molar-refractivity contribution in [3.8, 4) is 0 Å². The zero-order valence-electron chi connectivity index (χ0n) is 17.9. The second-order valence-electron chi connectivity index (χ2n) is 8.09. The number of pyridine rings is 2. The Balaban J connectivity index is 0.000000170. The normalized spacial score (nSPS) is 19.4. The van der Waals surface area contributed by atoms with Crippen LogP contribution in [0.4, 0.5) is 21.8 Å². The number of nitrogens with two attached hydrogens (primary N) is 2. The van der Waals surface area contributed by atoms with Crippen molar-refractivity contribution in [2.75, 3.05) is 22.9 Å². The summed E-state index contributed by atoms with van der Waals surface area (Å²) in [4.78, 5) is 9.98. The van der Waals surface area contributed by atoms with Crippen molar-refractivity contribution in [3.05, 3.63) is 42.3 Å². The Labute approximate surface area is 174 Å². The van der Waals surface area contributed by atoms with E-state index in [0.717, 1.165) is 18.3 Å². The summed E-state index contributed by atoms with van der Waals surface area (Å²) in [6, 6.07) is 10.7. The minimum absolute atomic E-state index is 0.213. The molecule has 1 saturated carbocycles. The highest BCUT2D eigenvalue weighted by molar-refractivity contribution is 5.45. The molecular weight excluding hydrogens is 365 g/mol. The molecule has 1 aliphatic heterocycles. The number of piperidine rings is 1. The van der Waals surface area contributed by atoms with Gasteiger partial charge in [-0.2, -0.15) is 4.39 Å². The molecule has 0 bridgehead atoms. The van der Waals surface area contributed by atoms with Gasteiger partial charge in [0.2, 0.25) is 5.95 Å². The Kier molecular flexibility index (Phi) is 9.68. The van der Waals surface area contributed by atoms with Gasteiger partial charge in [0.25, 0.3) is 0 Å². The van der Waals surface area contributed by atoms with Crippen molar-refractivity contribution in [1.82, 2.24) is 9.97 Å². The van der Waals surface area contributed by atoms with Gasteiger partial charge in [-0.15, -0.1) is 0 Å². The number of halogens is 1. The van der Waals surface area contributed by atoms with Gasteiger partial charge in [0.1, 0.15) is 17.5 Å². The summed E-state index contributed by atoms with van der Waals surface area (Å²) in [6.45, 7) is 5.72. The molecule has 1 atom stereocenters. The molecule has 160 valence electrons. The van der Waals surface area contributed by atoms with Crippen LogP contribution in [0.25, 0.3) is 0 Å². The van der Waals surface area contributed by atoms with Crippen molar-refractivity contribution in [1.29, 1.82) is 0 Å². The fourth-order valence-corrected chi connectivity index (χ4v) is 3.77. The second-order valence-corrected chi connectivity index (χ2v) is 8.09. The van der Waals surface area contributed by atoms with Gasteiger partial charge >= 0.3 is 0 Å². The number of nitrogen functional groups attached to an aromatic ring is 2. The number of nitrogens with zero attached hydrogens (tertiary/aromatic N) is 3. The number of hydrogen-bond acceptors (Lipinski definition) is 5. The summed E-state index contributed by atoms with van der Waals surface area (Å²) >= 11 is 0. The number of anilines is 3. The van der Waals surface area contributed by atoms with Crippen LogP contribution in [0, 0.1) is 11.9 Å². The average molecular weight is 402 g/mol. The molecule has 0 radical (unpaired) electrons. The molecule has 2 aromatic rings. The summed E-state index contributed by atoms with van der Waals surface area (Å²) in [5.41, 5.74) is 10.8. The topological polar surface area (TPSA) is 81.1 Å². The molecule has 0 spiro atoms. The van der Waals surface area contributed by atoms with E-state index in [1.165, 1.54) is 69.6 Å². The fraction of sp³-hybridized carbons (Fsp3) is 0.565. The maximum absolute atomic E-state index is 12.0. The molecule has 2 aliphatic rings. The average Bonchev–Trinajstić information content (AvgIpc) is 2.70. The van der Waals surface area contributed by atoms with Crippen molar-refractivity contribution in [3.63, 3.8) is 0 Å². The van der Waals surface area contributed by atoms with Gasteiger partial charge in [-0.05, 0) is 56.4 Å². The molecule has 5 nitrogen and oxygen atoms in total. The van der Waals surface area contributed by atoms with Gasteiger partial charge in [0, 0.05) is 12.6 Å². The van der Waals surface area contributed by atoms with Crippen LogP contribution in [-0.2, 0) is 0 Å². The van der Waals surface area contributed by atoms with Crippen LogP contribution in [0.15, 0.2) is 36.4 Å². The summed E-state index contributed by atoms with van der Waals surface area (Å²) in [7, 11) is 0. The van der Waals surface area contributed by atoms with E-state index >= 15 is 0 Å². The van der Waals surface area contributed by atoms with E-state index in [-0.39, 0.29) is 5.82 Å². The lowest BCUT2D eigenvalue weighted by Gasteiger charge is -2.34. The quantitative estimate of drug-likeness (QED) is 0.623. The molecule has 1 unspecified atom stereocenters. The van der Waals surface area contributed by atoms with Crippen LogP contribution < -0.4 is 16.4 Å². The fourth-order valence-electron chi connectivity index (χ4n) is 3.77. The molecular formula is C23H36FN5. The molecule has 0 amide bonds. The van der Waals surface area contributed by atoms with E-state index < -0.39 is 5.95 Å². The summed E-state index contributed by atoms with van der Waals surface area (Å²) in [5.74, 6) is 2.35. The summed E-state index contributed by atoms with van der Waals surface area (Å²) < 4.78 is 12.0. The molecule has 4 rings (SSSR count). The maximum atomic E-state index is 12.0. The molecule has 0 aromatic carbocycles. The molecule has 4 N–H and O–H groups in total. The Hall–Kier alpha value is -2.37. The minimum atomic E-state index is -0.537. The van der Waals surface area contributed by atoms with Gasteiger partial charge in [-0.1, -0.05) is 51.2 Å². The predicted molar refractivity (Wildman–Crippen MR) is 120 cm³/mol. The van der Waals surface area contributed by atoms with E-state index in [1.807, 2.05) is 18.2 Å². The first kappa shape index (κ1) is 22.9. The zero-order valence-corrected chi connectivity index (χ0v) is 17.9. The van der Waals surface area contributed by atoms with Crippen LogP contribution in [0.5, 0.6) is 0 Å². The summed E-state index contributed by atoms with van der Waals surface area (Å²) in [6.07, 6.45) is 11.3. The largest absolute Gasteiger partial charge is 0.384 e. The first-order valence-corrected chi connectivity index (χ1v) is 10.8. The van der Waals surface area contributed by atoms with E-state index in [2.05, 4.69) is 28.7 Å². The Morgan fingerprint density at radius 2 is 1.45 bits per heavy atom. The summed E-state index contributed by atoms with van der Waals surface area (Å²) in [5, 5.41) is 0. The highest BCUT2D eigenvalue weighted by Crippen LogP contribution is 2.23. The smallest absolute Gasteiger partial charge is 0.214 e. The zero-order chi connectivity index (χ0) is 21.1. The van der Waals surface area contributed by atoms with Crippen LogP contribution in [0.3, 0.4) is 0 Å². The van der Waals surface area contributed by atoms with E-state index in [1.54, 1.807) is 0 Å². The van der Waals surface area contributed by atoms with Crippen molar-refractivity contribution in [2.24, 2.45) is 5.92 Å². The number of rotatable bonds is 1. The first-order chi connectivity index (χ1) is 14.0. The maximum Gasteiger partial charge on any atom is 0.214 e. The van der Waals surface area contributed by atoms with Crippen molar-refractivity contribution >= 4 is 17.5 Å². The monoisotopic (exact) mass is 401 g/mol. The molecule has 1 aliphatic carbocycles. The van der Waals surface area contributed by atoms with Gasteiger partial charge in [0.05, 0.1) is 0 Å². The molecule has 29 heavy (non-hydrogen) atoms. The minimum Gasteiger partial charge on any atom is -0.384 e. The molecule has 2 fully saturated rings. The van der Waals surface area contributed by atoms with Crippen LogP contribution in [0.1, 0.15) is 65.2 Å². The lowest BCUT2D eigenvalue weighted by Crippen LogP contribution is -2.37. The number of aromatic nitrogens is 2. The highest BCUT2D eigenvalue weighted by atomic mass is 19.1. The van der Waals surface area contributed by atoms with Crippen molar-refractivity contribution in [2.45, 2.75) is 71.3 Å². The van der Waals surface area contributed by atoms with Gasteiger partial charge in [-0.3, -0.25) is 0 Å². The molecule has 2 aromatic heterocycles. The van der Waals surface area contributed by atoms with Gasteiger partial charge in [0.15, 0.2) is 0 Å². The lowest BCUT2D eigenvalue weighted by molar-refractivity contribution is 0.385. The molecule has 1 saturated heterocycles. The molecule has 3 heterocycles. The standard InChI is InChI=1S/C11H17N3.C7H14.C5H5FN2/c1-9-5-2-3-8-14(9)11-7-4-6-10(12)13-11;1-7-5-3-2-4-6-7;6-4-2-1-3-5(7)8-4/h4,6-7,9H,2-3,5,8H2,1H3,(H2,12,13);7H,2-6H2,1H3;1-3H,(H2,7,8). The Morgan fingerprint density at radius 3 is 1.93 bits per heavy atom. The lowest BCUT2D eigenvalue weighted by atomic mass is 9.91. The third kappa shape index (κ3) is 8.67. The van der Waals surface area contributed by atoms with E-state index in [4.69, 9.17) is 11.5 Å². The first-order valence-electron chi connectivity index (χ1n) is 10.8. The molecule has 6 heteroatoms. The van der Waals surface area contributed by atoms with Crippen molar-refractivity contribution < 1.29 is 4.39 Å². The van der Waals surface area contributed by atoms with E-state index in [9.17, 15) is 4.39 Å². The highest BCUT2D eigenvalue weighted by Gasteiger charge is 2.19. The van der Waals surface area contributed by atoms with Crippen LogP contribution in [0.2, 0.25) is 0 Å². The SMILES string of the molecule is CC1CCCCC1.CC1CCCCN1c1cccc(N)n1.Nc1cccc(F)n1. The van der Waals surface area contributed by atoms with Gasteiger partial charge in [-0.25, -0.2) is 9.97 Å². The van der Waals surface area contributed by atoms with E-state index in [0.29, 0.717) is 11.9 Å². The Bertz CT molecular complexity index is 701. The van der Waals surface area contributed by atoms with Gasteiger partial charge < -0.3 is 16.4 Å². The predicted octanol–water partition coefficient (Wildman–Crippen LogP) is 5.43. The van der Waals surface area contributed by atoms with Crippen LogP contribution in [-0.4, -0.2) is 22.6 Å². The third-order valence-corrected chi connectivity index (χ3v) is 5.48. The third-order valence-electron chi connectivity index (χ3n) is 5.48. The van der Waals surface area contributed by atoms with Crippen LogP contribution >= 0.6 is 0 Å².